The predicted octanol–water partition coefficient (Wildman–Crippen LogP) is 1.71. The van der Waals surface area contributed by atoms with E-state index in [1.165, 1.54) is 12.1 Å². The number of carbonyl (C=O) groups excluding carboxylic acids is 2. The minimum absolute atomic E-state index is 0.0308. The molecule has 1 unspecified atom stereocenters. The Kier molecular flexibility index (Phi) is 4.23. The first-order valence-electron chi connectivity index (χ1n) is 9.05. The minimum atomic E-state index is -0.554. The second-order valence-electron chi connectivity index (χ2n) is 7.18. The number of likely N-dealkylation sites (tertiary alicyclic amines) is 1. The second kappa shape index (κ2) is 6.41. The first kappa shape index (κ1) is 16.5. The summed E-state index contributed by atoms with van der Waals surface area (Å²) in [5.74, 6) is -0.221. The average molecular weight is 346 g/mol. The lowest BCUT2D eigenvalue weighted by molar-refractivity contribution is -0.147. The van der Waals surface area contributed by atoms with E-state index in [0.29, 0.717) is 32.8 Å². The van der Waals surface area contributed by atoms with Gasteiger partial charge in [0.25, 0.3) is 0 Å². The molecule has 1 atom stereocenters. The van der Waals surface area contributed by atoms with Gasteiger partial charge in [-0.2, -0.15) is 0 Å². The number of nitrogens with zero attached hydrogens (tertiary/aromatic N) is 2. The Hall–Kier alpha value is -1.95. The highest BCUT2D eigenvalue weighted by Crippen LogP contribution is 2.50. The van der Waals surface area contributed by atoms with Crippen LogP contribution in [0.3, 0.4) is 0 Å². The lowest BCUT2D eigenvalue weighted by atomic mass is 9.94. The fourth-order valence-corrected chi connectivity index (χ4v) is 4.06. The van der Waals surface area contributed by atoms with E-state index >= 15 is 0 Å². The Bertz CT molecular complexity index is 666. The van der Waals surface area contributed by atoms with Crippen molar-refractivity contribution in [2.45, 2.75) is 37.1 Å². The van der Waals surface area contributed by atoms with Gasteiger partial charge in [0, 0.05) is 19.6 Å². The van der Waals surface area contributed by atoms with Gasteiger partial charge in [-0.05, 0) is 43.4 Å². The van der Waals surface area contributed by atoms with E-state index in [4.69, 9.17) is 4.74 Å². The van der Waals surface area contributed by atoms with E-state index in [2.05, 4.69) is 0 Å². The van der Waals surface area contributed by atoms with Crippen LogP contribution < -0.4 is 0 Å². The second-order valence-corrected chi connectivity index (χ2v) is 7.18. The number of hydrogen-bond donors (Lipinski definition) is 0. The zero-order valence-electron chi connectivity index (χ0n) is 14.2. The Balaban J connectivity index is 1.52. The summed E-state index contributed by atoms with van der Waals surface area (Å²) in [6.07, 6.45) is 3.12. The monoisotopic (exact) mass is 346 g/mol. The number of ether oxygens (including phenoxy) is 1. The van der Waals surface area contributed by atoms with Gasteiger partial charge >= 0.3 is 0 Å². The number of benzene rings is 1. The molecule has 3 fully saturated rings. The van der Waals surface area contributed by atoms with Gasteiger partial charge in [-0.1, -0.05) is 12.1 Å². The van der Waals surface area contributed by atoms with Crippen LogP contribution in [0.25, 0.3) is 0 Å². The van der Waals surface area contributed by atoms with Gasteiger partial charge in [-0.25, -0.2) is 4.39 Å². The van der Waals surface area contributed by atoms with Crippen LogP contribution in [-0.2, 0) is 19.7 Å². The zero-order chi connectivity index (χ0) is 17.4. The van der Waals surface area contributed by atoms with E-state index in [-0.39, 0.29) is 23.7 Å². The van der Waals surface area contributed by atoms with Crippen molar-refractivity contribution < 1.29 is 18.7 Å². The van der Waals surface area contributed by atoms with Gasteiger partial charge in [0.2, 0.25) is 11.8 Å². The zero-order valence-corrected chi connectivity index (χ0v) is 14.2. The van der Waals surface area contributed by atoms with Gasteiger partial charge in [0.1, 0.15) is 11.9 Å². The van der Waals surface area contributed by atoms with Crippen molar-refractivity contribution in [3.63, 3.8) is 0 Å². The van der Waals surface area contributed by atoms with Crippen LogP contribution in [0.1, 0.15) is 31.2 Å². The van der Waals surface area contributed by atoms with Crippen molar-refractivity contribution in [2.24, 2.45) is 0 Å². The molecule has 1 aliphatic carbocycles. The van der Waals surface area contributed by atoms with Crippen LogP contribution in [0.2, 0.25) is 0 Å². The normalized spacial score (nSPS) is 25.1. The molecule has 0 spiro atoms. The molecular weight excluding hydrogens is 323 g/mol. The van der Waals surface area contributed by atoms with E-state index < -0.39 is 5.41 Å². The maximum absolute atomic E-state index is 13.2. The van der Waals surface area contributed by atoms with Crippen LogP contribution in [0.15, 0.2) is 24.3 Å². The quantitative estimate of drug-likeness (QED) is 0.837. The molecule has 2 amide bonds. The number of amides is 2. The summed E-state index contributed by atoms with van der Waals surface area (Å²) in [4.78, 5) is 29.7. The van der Waals surface area contributed by atoms with Crippen molar-refractivity contribution in [3.8, 4) is 0 Å². The molecule has 0 aromatic heterocycles. The number of morpholine rings is 1. The summed E-state index contributed by atoms with van der Waals surface area (Å²) >= 11 is 0. The van der Waals surface area contributed by atoms with Gasteiger partial charge in [0.15, 0.2) is 0 Å². The van der Waals surface area contributed by atoms with Crippen molar-refractivity contribution in [3.05, 3.63) is 35.6 Å². The standard InChI is InChI=1S/C19H23FN2O3/c20-15-5-3-14(4-6-15)19(7-8-19)18(24)22-9-1-2-16(22)17(23)21-10-12-25-13-11-21/h3-6,16H,1-2,7-13H2. The summed E-state index contributed by atoms with van der Waals surface area (Å²) in [7, 11) is 0. The Morgan fingerprint density at radius 1 is 1.08 bits per heavy atom. The fraction of sp³-hybridized carbons (Fsp3) is 0.579. The third-order valence-electron chi connectivity index (χ3n) is 5.68. The van der Waals surface area contributed by atoms with E-state index in [1.807, 2.05) is 4.90 Å². The smallest absolute Gasteiger partial charge is 0.245 e. The SMILES string of the molecule is O=C(C1CCCN1C(=O)C1(c2ccc(F)cc2)CC1)N1CCOCC1. The number of halogens is 1. The molecule has 0 radical (unpaired) electrons. The Morgan fingerprint density at radius 2 is 1.76 bits per heavy atom. The molecule has 1 saturated carbocycles. The molecule has 6 heteroatoms. The molecule has 0 N–H and O–H groups in total. The Labute approximate surface area is 146 Å². The van der Waals surface area contributed by atoms with Crippen LogP contribution in [0, 0.1) is 5.82 Å². The summed E-state index contributed by atoms with van der Waals surface area (Å²) in [5, 5.41) is 0. The molecule has 25 heavy (non-hydrogen) atoms. The van der Waals surface area contributed by atoms with Crippen LogP contribution in [-0.4, -0.2) is 60.5 Å². The molecule has 0 bridgehead atoms. The highest BCUT2D eigenvalue weighted by atomic mass is 19.1. The molecule has 1 aromatic rings. The summed E-state index contributed by atoms with van der Waals surface area (Å²) in [6, 6.07) is 5.86. The summed E-state index contributed by atoms with van der Waals surface area (Å²) in [6.45, 7) is 2.95. The molecule has 5 nitrogen and oxygen atoms in total. The summed E-state index contributed by atoms with van der Waals surface area (Å²) in [5.41, 5.74) is 0.310. The third kappa shape index (κ3) is 2.92. The maximum atomic E-state index is 13.2. The van der Waals surface area contributed by atoms with Gasteiger partial charge in [-0.3, -0.25) is 9.59 Å². The van der Waals surface area contributed by atoms with Gasteiger partial charge in [0.05, 0.1) is 18.6 Å². The first-order chi connectivity index (χ1) is 12.1. The molecule has 134 valence electrons. The number of rotatable bonds is 3. The predicted molar refractivity (Wildman–Crippen MR) is 89.4 cm³/mol. The van der Waals surface area contributed by atoms with Crippen LogP contribution >= 0.6 is 0 Å². The van der Waals surface area contributed by atoms with E-state index in [0.717, 1.165) is 31.2 Å². The van der Waals surface area contributed by atoms with Gasteiger partial charge < -0.3 is 14.5 Å². The molecule has 1 aromatic carbocycles. The van der Waals surface area contributed by atoms with Crippen molar-refractivity contribution in [1.29, 1.82) is 0 Å². The summed E-state index contributed by atoms with van der Waals surface area (Å²) < 4.78 is 18.5. The fourth-order valence-electron chi connectivity index (χ4n) is 4.06. The highest BCUT2D eigenvalue weighted by Gasteiger charge is 2.55. The lowest BCUT2D eigenvalue weighted by Gasteiger charge is -2.34. The Morgan fingerprint density at radius 3 is 2.40 bits per heavy atom. The number of hydrogen-bond acceptors (Lipinski definition) is 3. The lowest BCUT2D eigenvalue weighted by Crippen LogP contribution is -2.52. The molecule has 3 aliphatic rings. The largest absolute Gasteiger partial charge is 0.378 e. The topological polar surface area (TPSA) is 49.9 Å². The first-order valence-corrected chi connectivity index (χ1v) is 9.05. The van der Waals surface area contributed by atoms with Crippen LogP contribution in [0.4, 0.5) is 4.39 Å². The van der Waals surface area contributed by atoms with E-state index in [9.17, 15) is 14.0 Å². The maximum Gasteiger partial charge on any atom is 0.245 e. The van der Waals surface area contributed by atoms with Crippen molar-refractivity contribution in [2.75, 3.05) is 32.8 Å². The van der Waals surface area contributed by atoms with Gasteiger partial charge in [-0.15, -0.1) is 0 Å². The van der Waals surface area contributed by atoms with Crippen molar-refractivity contribution >= 4 is 11.8 Å². The van der Waals surface area contributed by atoms with Crippen LogP contribution in [0.5, 0.6) is 0 Å². The van der Waals surface area contributed by atoms with E-state index in [1.54, 1.807) is 17.0 Å². The average Bonchev–Trinajstić information content (AvgIpc) is 3.31. The molecule has 2 saturated heterocycles. The minimum Gasteiger partial charge on any atom is -0.378 e. The third-order valence-corrected chi connectivity index (χ3v) is 5.68. The molecule has 2 aliphatic heterocycles. The molecule has 4 rings (SSSR count). The number of carbonyl (C=O) groups is 2. The molecular formula is C19H23FN2O3. The molecule has 2 heterocycles. The van der Waals surface area contributed by atoms with Crippen molar-refractivity contribution in [1.82, 2.24) is 9.80 Å². The highest BCUT2D eigenvalue weighted by molar-refractivity contribution is 5.95.